The molecule has 1 N–H and O–H groups in total. The van der Waals surface area contributed by atoms with Crippen LogP contribution >= 0.6 is 15.9 Å². The van der Waals surface area contributed by atoms with Gasteiger partial charge in [0, 0.05) is 31.9 Å². The van der Waals surface area contributed by atoms with Gasteiger partial charge in [0.2, 0.25) is 0 Å². The van der Waals surface area contributed by atoms with Gasteiger partial charge in [-0.2, -0.15) is 5.10 Å². The van der Waals surface area contributed by atoms with Crippen molar-refractivity contribution in [1.29, 1.82) is 0 Å². The van der Waals surface area contributed by atoms with Crippen LogP contribution in [0, 0.1) is 0 Å². The molecule has 5 heteroatoms. The third-order valence-corrected chi connectivity index (χ3v) is 4.50. The Morgan fingerprint density at radius 1 is 1.30 bits per heavy atom. The first-order valence-electron chi connectivity index (χ1n) is 6.92. The highest BCUT2D eigenvalue weighted by Crippen LogP contribution is 2.23. The fourth-order valence-electron chi connectivity index (χ4n) is 2.35. The molecule has 0 aliphatic rings. The summed E-state index contributed by atoms with van der Waals surface area (Å²) in [5, 5.41) is 7.95. The SMILES string of the molecule is CCc1nn(C)c(CC(Cc2ccncc2)NC)c1Br. The van der Waals surface area contributed by atoms with E-state index in [4.69, 9.17) is 0 Å². The Hall–Kier alpha value is -1.20. The largest absolute Gasteiger partial charge is 0.316 e. The van der Waals surface area contributed by atoms with E-state index in [1.54, 1.807) is 0 Å². The molecule has 0 aromatic carbocycles. The highest BCUT2D eigenvalue weighted by atomic mass is 79.9. The summed E-state index contributed by atoms with van der Waals surface area (Å²) in [7, 11) is 4.02. The van der Waals surface area contributed by atoms with Crippen LogP contribution in [0.1, 0.15) is 23.9 Å². The average molecular weight is 337 g/mol. The normalized spacial score (nSPS) is 12.6. The van der Waals surface area contributed by atoms with Gasteiger partial charge in [0.05, 0.1) is 15.9 Å². The zero-order chi connectivity index (χ0) is 14.5. The number of aromatic nitrogens is 3. The van der Waals surface area contributed by atoms with Gasteiger partial charge in [0.25, 0.3) is 0 Å². The summed E-state index contributed by atoms with van der Waals surface area (Å²) in [4.78, 5) is 4.06. The molecule has 0 saturated carbocycles. The molecular weight excluding hydrogens is 316 g/mol. The molecule has 1 atom stereocenters. The molecule has 0 amide bonds. The first kappa shape index (κ1) is 15.2. The second-order valence-corrected chi connectivity index (χ2v) is 5.73. The molecule has 2 heterocycles. The second kappa shape index (κ2) is 6.99. The van der Waals surface area contributed by atoms with E-state index in [1.807, 2.05) is 31.2 Å². The Morgan fingerprint density at radius 3 is 2.55 bits per heavy atom. The predicted octanol–water partition coefficient (Wildman–Crippen LogP) is 2.51. The molecule has 0 aliphatic heterocycles. The number of rotatable bonds is 6. The van der Waals surface area contributed by atoms with Crippen LogP contribution in [-0.2, 0) is 26.3 Å². The summed E-state index contributed by atoms with van der Waals surface area (Å²) in [6, 6.07) is 4.52. The summed E-state index contributed by atoms with van der Waals surface area (Å²) < 4.78 is 3.14. The number of nitrogens with zero attached hydrogens (tertiary/aromatic N) is 3. The average Bonchev–Trinajstić information content (AvgIpc) is 2.74. The summed E-state index contributed by atoms with van der Waals surface area (Å²) in [5.74, 6) is 0. The fraction of sp³-hybridized carbons (Fsp3) is 0.467. The first-order valence-corrected chi connectivity index (χ1v) is 7.71. The van der Waals surface area contributed by atoms with E-state index in [0.717, 1.165) is 29.4 Å². The maximum Gasteiger partial charge on any atom is 0.0766 e. The van der Waals surface area contributed by atoms with Crippen molar-refractivity contribution >= 4 is 15.9 Å². The van der Waals surface area contributed by atoms with Crippen LogP contribution in [0.4, 0.5) is 0 Å². The van der Waals surface area contributed by atoms with Crippen LogP contribution in [0.5, 0.6) is 0 Å². The minimum atomic E-state index is 0.383. The molecule has 2 aromatic heterocycles. The second-order valence-electron chi connectivity index (χ2n) is 4.93. The van der Waals surface area contributed by atoms with Gasteiger partial charge in [-0.1, -0.05) is 6.92 Å². The summed E-state index contributed by atoms with van der Waals surface area (Å²) >= 11 is 3.68. The molecule has 0 spiro atoms. The lowest BCUT2D eigenvalue weighted by molar-refractivity contribution is 0.532. The van der Waals surface area contributed by atoms with Gasteiger partial charge in [-0.25, -0.2) is 0 Å². The van der Waals surface area contributed by atoms with E-state index in [-0.39, 0.29) is 0 Å². The van der Waals surface area contributed by atoms with Crippen LogP contribution in [0.15, 0.2) is 29.0 Å². The maximum absolute atomic E-state index is 4.56. The lowest BCUT2D eigenvalue weighted by Gasteiger charge is -2.16. The smallest absolute Gasteiger partial charge is 0.0766 e. The Morgan fingerprint density at radius 2 is 2.00 bits per heavy atom. The number of pyridine rings is 1. The van der Waals surface area contributed by atoms with Gasteiger partial charge in [0.15, 0.2) is 0 Å². The zero-order valence-corrected chi connectivity index (χ0v) is 13.8. The predicted molar refractivity (Wildman–Crippen MR) is 84.8 cm³/mol. The van der Waals surface area contributed by atoms with Crippen LogP contribution in [0.25, 0.3) is 0 Å². The van der Waals surface area contributed by atoms with E-state index < -0.39 is 0 Å². The van der Waals surface area contributed by atoms with Crippen LogP contribution in [-0.4, -0.2) is 27.9 Å². The summed E-state index contributed by atoms with van der Waals surface area (Å²) in [5.41, 5.74) is 3.67. The number of likely N-dealkylation sites (N-methyl/N-ethyl adjacent to an activating group) is 1. The van der Waals surface area contributed by atoms with Crippen LogP contribution in [0.3, 0.4) is 0 Å². The minimum Gasteiger partial charge on any atom is -0.316 e. The molecule has 4 nitrogen and oxygen atoms in total. The van der Waals surface area contributed by atoms with E-state index in [2.05, 4.69) is 50.4 Å². The molecule has 0 saturated heterocycles. The van der Waals surface area contributed by atoms with Crippen molar-refractivity contribution in [2.24, 2.45) is 7.05 Å². The van der Waals surface area contributed by atoms with Crippen LogP contribution in [0.2, 0.25) is 0 Å². The topological polar surface area (TPSA) is 42.7 Å². The quantitative estimate of drug-likeness (QED) is 0.881. The number of nitrogens with one attached hydrogen (secondary N) is 1. The lowest BCUT2D eigenvalue weighted by Crippen LogP contribution is -2.30. The standard InChI is InChI=1S/C15H21BrN4/c1-4-13-15(16)14(20(3)19-13)10-12(17-2)9-11-5-7-18-8-6-11/h5-8,12,17H,4,9-10H2,1-3H3. The van der Waals surface area contributed by atoms with Crippen molar-refractivity contribution in [1.82, 2.24) is 20.1 Å². The maximum atomic E-state index is 4.56. The number of hydrogen-bond donors (Lipinski definition) is 1. The van der Waals surface area contributed by atoms with E-state index >= 15 is 0 Å². The Bertz CT molecular complexity index is 551. The van der Waals surface area contributed by atoms with Crippen molar-refractivity contribution < 1.29 is 0 Å². The zero-order valence-electron chi connectivity index (χ0n) is 12.2. The number of hydrogen-bond acceptors (Lipinski definition) is 3. The van der Waals surface area contributed by atoms with E-state index in [9.17, 15) is 0 Å². The number of halogens is 1. The number of aryl methyl sites for hydroxylation is 2. The molecular formula is C15H21BrN4. The van der Waals surface area contributed by atoms with Crippen molar-refractivity contribution in [2.45, 2.75) is 32.2 Å². The molecule has 2 aromatic rings. The first-order chi connectivity index (χ1) is 9.65. The third-order valence-electron chi connectivity index (χ3n) is 3.58. The molecule has 20 heavy (non-hydrogen) atoms. The van der Waals surface area contributed by atoms with Crippen molar-refractivity contribution in [3.63, 3.8) is 0 Å². The molecule has 0 aliphatic carbocycles. The highest BCUT2D eigenvalue weighted by Gasteiger charge is 2.17. The highest BCUT2D eigenvalue weighted by molar-refractivity contribution is 9.10. The molecule has 0 radical (unpaired) electrons. The van der Waals surface area contributed by atoms with Gasteiger partial charge in [-0.15, -0.1) is 0 Å². The summed E-state index contributed by atoms with van der Waals surface area (Å²) in [6.07, 6.45) is 6.57. The Balaban J connectivity index is 2.12. The van der Waals surface area contributed by atoms with Crippen molar-refractivity contribution in [2.75, 3.05) is 7.05 Å². The van der Waals surface area contributed by atoms with Gasteiger partial charge in [-0.05, 0) is 53.5 Å². The fourth-order valence-corrected chi connectivity index (χ4v) is 3.13. The van der Waals surface area contributed by atoms with Crippen molar-refractivity contribution in [3.05, 3.63) is 46.0 Å². The lowest BCUT2D eigenvalue weighted by atomic mass is 10.0. The summed E-state index contributed by atoms with van der Waals surface area (Å²) in [6.45, 7) is 2.13. The molecule has 2 rings (SSSR count). The Labute approximate surface area is 128 Å². The van der Waals surface area contributed by atoms with Gasteiger partial charge < -0.3 is 5.32 Å². The van der Waals surface area contributed by atoms with E-state index in [1.165, 1.54) is 11.3 Å². The third kappa shape index (κ3) is 3.46. The molecule has 0 fully saturated rings. The van der Waals surface area contributed by atoms with Crippen LogP contribution < -0.4 is 5.32 Å². The minimum absolute atomic E-state index is 0.383. The van der Waals surface area contributed by atoms with Gasteiger partial charge >= 0.3 is 0 Å². The monoisotopic (exact) mass is 336 g/mol. The van der Waals surface area contributed by atoms with E-state index in [0.29, 0.717) is 6.04 Å². The van der Waals surface area contributed by atoms with Gasteiger partial charge in [0.1, 0.15) is 0 Å². The van der Waals surface area contributed by atoms with Gasteiger partial charge in [-0.3, -0.25) is 9.67 Å². The van der Waals surface area contributed by atoms with Crippen molar-refractivity contribution in [3.8, 4) is 0 Å². The molecule has 1 unspecified atom stereocenters. The molecule has 108 valence electrons. The Kier molecular flexibility index (Phi) is 5.31. The molecule has 0 bridgehead atoms.